The van der Waals surface area contributed by atoms with Gasteiger partial charge in [-0.15, -0.1) is 0 Å². The quantitative estimate of drug-likeness (QED) is 0.205. The zero-order valence-corrected chi connectivity index (χ0v) is 20.4. The van der Waals surface area contributed by atoms with E-state index in [0.717, 1.165) is 16.7 Å². The van der Waals surface area contributed by atoms with Crippen LogP contribution < -0.4 is 20.1 Å². The van der Waals surface area contributed by atoms with E-state index in [1.165, 1.54) is 18.3 Å². The van der Waals surface area contributed by atoms with Crippen LogP contribution in [0.4, 0.5) is 17.3 Å². The number of rotatable bonds is 8. The number of carbonyl (C=O) groups is 1. The Balaban J connectivity index is 1.29. The van der Waals surface area contributed by atoms with E-state index in [1.807, 2.05) is 41.9 Å². The van der Waals surface area contributed by atoms with E-state index in [1.54, 1.807) is 43.4 Å². The number of fused-ring (bicyclic) bond motifs is 1. The standard InChI is InChI=1S/C27H22N6O5/c1-28-26(34)24-16-22(13-14-29-24)38-21-11-12-25-23(15-21)31-27(32(25)2)30-17-3-7-19(8-4-17)37-20-9-5-18(6-10-20)33(35)36/h3-16H,1-2H3,(H,28,34)(H,30,31). The minimum absolute atomic E-state index is 0.00514. The van der Waals surface area contributed by atoms with Crippen molar-refractivity contribution < 1.29 is 19.2 Å². The average molecular weight is 511 g/mol. The van der Waals surface area contributed by atoms with Crippen LogP contribution in [0.25, 0.3) is 11.0 Å². The SMILES string of the molecule is CNC(=O)c1cc(Oc2ccc3c(c2)nc(Nc2ccc(Oc4ccc([N+](=O)[O-])cc4)cc2)n3C)ccn1. The highest BCUT2D eigenvalue weighted by molar-refractivity contribution is 5.92. The van der Waals surface area contributed by atoms with Crippen molar-refractivity contribution in [2.45, 2.75) is 0 Å². The second kappa shape index (κ2) is 10.3. The number of aryl methyl sites for hydroxylation is 1. The molecule has 0 unspecified atom stereocenters. The summed E-state index contributed by atoms with van der Waals surface area (Å²) in [5, 5.41) is 16.6. The number of nitrogens with zero attached hydrogens (tertiary/aromatic N) is 4. The lowest BCUT2D eigenvalue weighted by molar-refractivity contribution is -0.384. The van der Waals surface area contributed by atoms with Gasteiger partial charge in [-0.25, -0.2) is 4.98 Å². The summed E-state index contributed by atoms with van der Waals surface area (Å²) in [7, 11) is 3.45. The number of anilines is 2. The number of benzene rings is 3. The van der Waals surface area contributed by atoms with Crippen molar-refractivity contribution in [2.75, 3.05) is 12.4 Å². The number of nitro groups is 1. The van der Waals surface area contributed by atoms with E-state index >= 15 is 0 Å². The lowest BCUT2D eigenvalue weighted by Crippen LogP contribution is -2.18. The van der Waals surface area contributed by atoms with Crippen molar-refractivity contribution in [1.82, 2.24) is 19.9 Å². The minimum atomic E-state index is -0.454. The molecule has 0 saturated carbocycles. The zero-order valence-electron chi connectivity index (χ0n) is 20.4. The number of non-ortho nitro benzene ring substituents is 1. The molecule has 1 amide bonds. The highest BCUT2D eigenvalue weighted by Gasteiger charge is 2.12. The van der Waals surface area contributed by atoms with Gasteiger partial charge in [0.15, 0.2) is 0 Å². The zero-order chi connectivity index (χ0) is 26.6. The van der Waals surface area contributed by atoms with Gasteiger partial charge in [-0.05, 0) is 54.6 Å². The molecule has 2 aromatic heterocycles. The number of carbonyl (C=O) groups excluding carboxylic acids is 1. The molecule has 11 nitrogen and oxygen atoms in total. The van der Waals surface area contributed by atoms with Crippen molar-refractivity contribution in [3.63, 3.8) is 0 Å². The van der Waals surface area contributed by atoms with Gasteiger partial charge in [-0.3, -0.25) is 19.9 Å². The van der Waals surface area contributed by atoms with Crippen LogP contribution in [0.1, 0.15) is 10.5 Å². The maximum Gasteiger partial charge on any atom is 0.269 e. The predicted molar refractivity (Wildman–Crippen MR) is 141 cm³/mol. The first kappa shape index (κ1) is 24.3. The molecule has 0 atom stereocenters. The summed E-state index contributed by atoms with van der Waals surface area (Å²) in [4.78, 5) is 30.9. The summed E-state index contributed by atoms with van der Waals surface area (Å²) in [5.41, 5.74) is 2.70. The summed E-state index contributed by atoms with van der Waals surface area (Å²) in [6.45, 7) is 0. The Morgan fingerprint density at radius 2 is 1.53 bits per heavy atom. The normalized spacial score (nSPS) is 10.7. The summed E-state index contributed by atoms with van der Waals surface area (Å²) >= 11 is 0. The molecule has 0 aliphatic heterocycles. The van der Waals surface area contributed by atoms with Gasteiger partial charge in [0.1, 0.15) is 28.7 Å². The number of pyridine rings is 1. The van der Waals surface area contributed by atoms with Crippen molar-refractivity contribution in [1.29, 1.82) is 0 Å². The molecule has 2 N–H and O–H groups in total. The molecule has 3 aromatic carbocycles. The molecule has 5 rings (SSSR count). The predicted octanol–water partition coefficient (Wildman–Crippen LogP) is 5.56. The molecule has 5 aromatic rings. The number of ether oxygens (including phenoxy) is 2. The monoisotopic (exact) mass is 510 g/mol. The van der Waals surface area contributed by atoms with E-state index in [-0.39, 0.29) is 17.3 Å². The van der Waals surface area contributed by atoms with Crippen LogP contribution in [0, 0.1) is 10.1 Å². The van der Waals surface area contributed by atoms with Gasteiger partial charge in [0, 0.05) is 50.2 Å². The summed E-state index contributed by atoms with van der Waals surface area (Å²) in [6.07, 6.45) is 1.52. The summed E-state index contributed by atoms with van der Waals surface area (Å²) in [5.74, 6) is 2.49. The van der Waals surface area contributed by atoms with E-state index in [2.05, 4.69) is 15.6 Å². The summed E-state index contributed by atoms with van der Waals surface area (Å²) < 4.78 is 13.6. The molecule has 190 valence electrons. The van der Waals surface area contributed by atoms with Crippen LogP contribution >= 0.6 is 0 Å². The Hall–Kier alpha value is -5.45. The maximum absolute atomic E-state index is 11.8. The lowest BCUT2D eigenvalue weighted by Gasteiger charge is -2.09. The molecule has 0 spiro atoms. The Bertz CT molecular complexity index is 1630. The largest absolute Gasteiger partial charge is 0.457 e. The van der Waals surface area contributed by atoms with Crippen LogP contribution in [-0.2, 0) is 7.05 Å². The van der Waals surface area contributed by atoms with Gasteiger partial charge in [0.2, 0.25) is 5.95 Å². The Kier molecular flexibility index (Phi) is 6.55. The van der Waals surface area contributed by atoms with Gasteiger partial charge >= 0.3 is 0 Å². The number of nitrogens with one attached hydrogen (secondary N) is 2. The van der Waals surface area contributed by atoms with Crippen LogP contribution in [0.15, 0.2) is 85.1 Å². The van der Waals surface area contributed by atoms with Crippen LogP contribution in [0.2, 0.25) is 0 Å². The van der Waals surface area contributed by atoms with Crippen molar-refractivity contribution >= 4 is 34.3 Å². The van der Waals surface area contributed by atoms with Crippen LogP contribution in [0.5, 0.6) is 23.0 Å². The number of nitro benzene ring substituents is 1. The van der Waals surface area contributed by atoms with Gasteiger partial charge in [0.25, 0.3) is 11.6 Å². The highest BCUT2D eigenvalue weighted by Crippen LogP contribution is 2.29. The molecular formula is C27H22N6O5. The fraction of sp³-hybridized carbons (Fsp3) is 0.0741. The molecule has 2 heterocycles. The van der Waals surface area contributed by atoms with Crippen molar-refractivity contribution in [3.8, 4) is 23.0 Å². The Labute approximate surface area is 216 Å². The van der Waals surface area contributed by atoms with Gasteiger partial charge < -0.3 is 24.7 Å². The molecule has 0 aliphatic rings. The van der Waals surface area contributed by atoms with Crippen LogP contribution in [-0.4, -0.2) is 32.4 Å². The third-order valence-electron chi connectivity index (χ3n) is 5.67. The van der Waals surface area contributed by atoms with Crippen molar-refractivity contribution in [2.24, 2.45) is 7.05 Å². The smallest absolute Gasteiger partial charge is 0.269 e. The van der Waals surface area contributed by atoms with E-state index in [4.69, 9.17) is 14.5 Å². The molecule has 0 fully saturated rings. The maximum atomic E-state index is 11.8. The first-order valence-corrected chi connectivity index (χ1v) is 11.5. The van der Waals surface area contributed by atoms with Gasteiger partial charge in [0.05, 0.1) is 16.0 Å². The lowest BCUT2D eigenvalue weighted by atomic mass is 10.3. The molecule has 0 radical (unpaired) electrons. The molecule has 11 heteroatoms. The molecular weight excluding hydrogens is 488 g/mol. The fourth-order valence-electron chi connectivity index (χ4n) is 3.73. The Morgan fingerprint density at radius 3 is 2.21 bits per heavy atom. The minimum Gasteiger partial charge on any atom is -0.457 e. The van der Waals surface area contributed by atoms with Gasteiger partial charge in [-0.1, -0.05) is 0 Å². The second-order valence-corrected chi connectivity index (χ2v) is 8.21. The first-order valence-electron chi connectivity index (χ1n) is 11.5. The molecule has 0 bridgehead atoms. The molecule has 0 saturated heterocycles. The number of hydrogen-bond acceptors (Lipinski definition) is 8. The first-order chi connectivity index (χ1) is 18.4. The van der Waals surface area contributed by atoms with Crippen LogP contribution in [0.3, 0.4) is 0 Å². The molecule has 38 heavy (non-hydrogen) atoms. The van der Waals surface area contributed by atoms with E-state index < -0.39 is 4.92 Å². The third kappa shape index (κ3) is 5.21. The van der Waals surface area contributed by atoms with E-state index in [9.17, 15) is 14.9 Å². The molecule has 0 aliphatic carbocycles. The second-order valence-electron chi connectivity index (χ2n) is 8.21. The topological polar surface area (TPSA) is 133 Å². The van der Waals surface area contributed by atoms with E-state index in [0.29, 0.717) is 28.9 Å². The fourth-order valence-corrected chi connectivity index (χ4v) is 3.73. The van der Waals surface area contributed by atoms with Crippen molar-refractivity contribution in [3.05, 3.63) is 101 Å². The number of hydrogen-bond donors (Lipinski definition) is 2. The number of amides is 1. The average Bonchev–Trinajstić information content (AvgIpc) is 3.23. The number of aromatic nitrogens is 3. The number of imidazole rings is 1. The third-order valence-corrected chi connectivity index (χ3v) is 5.67. The van der Waals surface area contributed by atoms with Gasteiger partial charge in [-0.2, -0.15) is 0 Å². The highest BCUT2D eigenvalue weighted by atomic mass is 16.6. The Morgan fingerprint density at radius 1 is 0.895 bits per heavy atom. The summed E-state index contributed by atoms with van der Waals surface area (Å²) in [6, 6.07) is 22.0.